The Morgan fingerprint density at radius 3 is 2.42 bits per heavy atom. The minimum Gasteiger partial charge on any atom is -0.320 e. The number of nitrogens with one attached hydrogen (secondary N) is 1. The molecule has 1 heterocycles. The van der Waals surface area contributed by atoms with Crippen LogP contribution in [0, 0.1) is 19.7 Å². The first-order valence-electron chi connectivity index (χ1n) is 10.7. The van der Waals surface area contributed by atoms with E-state index in [1.807, 2.05) is 44.2 Å². The Balaban J connectivity index is 1.63. The van der Waals surface area contributed by atoms with Gasteiger partial charge in [-0.15, -0.1) is 0 Å². The molecule has 0 unspecified atom stereocenters. The van der Waals surface area contributed by atoms with Crippen LogP contribution in [0.15, 0.2) is 71.6 Å². The van der Waals surface area contributed by atoms with Crippen molar-refractivity contribution in [2.45, 2.75) is 31.7 Å². The van der Waals surface area contributed by atoms with E-state index in [2.05, 4.69) is 4.72 Å². The molecule has 8 heteroatoms. The zero-order chi connectivity index (χ0) is 23.6. The summed E-state index contributed by atoms with van der Waals surface area (Å²) in [5, 5.41) is 0. The highest BCUT2D eigenvalue weighted by molar-refractivity contribution is 7.92. The molecule has 0 aliphatic carbocycles. The van der Waals surface area contributed by atoms with E-state index in [4.69, 9.17) is 0 Å². The molecule has 4 rings (SSSR count). The number of nitrogens with zero attached hydrogens (tertiary/aromatic N) is 2. The van der Waals surface area contributed by atoms with Crippen molar-refractivity contribution in [1.82, 2.24) is 4.90 Å². The van der Waals surface area contributed by atoms with Gasteiger partial charge in [-0.25, -0.2) is 17.6 Å². The lowest BCUT2D eigenvalue weighted by molar-refractivity contribution is 0.192. The van der Waals surface area contributed by atoms with Crippen molar-refractivity contribution < 1.29 is 17.6 Å². The van der Waals surface area contributed by atoms with Crippen molar-refractivity contribution in [3.8, 4) is 0 Å². The second kappa shape index (κ2) is 9.23. The van der Waals surface area contributed by atoms with E-state index in [1.165, 1.54) is 12.1 Å². The van der Waals surface area contributed by atoms with Gasteiger partial charge in [-0.3, -0.25) is 9.62 Å². The van der Waals surface area contributed by atoms with Gasteiger partial charge < -0.3 is 4.90 Å². The Kier molecular flexibility index (Phi) is 6.37. The molecule has 3 aromatic carbocycles. The average Bonchev–Trinajstić information content (AvgIpc) is 2.77. The fourth-order valence-electron chi connectivity index (χ4n) is 3.93. The van der Waals surface area contributed by atoms with Gasteiger partial charge in [0.2, 0.25) is 0 Å². The molecular weight excluding hydrogens is 441 g/mol. The van der Waals surface area contributed by atoms with Crippen LogP contribution in [-0.2, 0) is 16.6 Å². The maximum absolute atomic E-state index is 13.4. The van der Waals surface area contributed by atoms with Crippen LogP contribution in [0.5, 0.6) is 0 Å². The standard InChI is InChI=1S/C25H26FN3O3S/c1-18-8-13-24(23(16-18)27-33(31,32)22-11-9-21(26)10-12-22)29-15-5-14-28(25(29)30)17-20-7-4-3-6-19(20)2/h3-4,6-13,16,27H,5,14-15,17H2,1-2H3. The molecule has 33 heavy (non-hydrogen) atoms. The Bertz CT molecular complexity index is 1280. The Hall–Kier alpha value is -3.39. The molecule has 1 aliphatic heterocycles. The van der Waals surface area contributed by atoms with Crippen LogP contribution >= 0.6 is 0 Å². The van der Waals surface area contributed by atoms with E-state index in [1.54, 1.807) is 21.9 Å². The van der Waals surface area contributed by atoms with Crippen molar-refractivity contribution in [1.29, 1.82) is 0 Å². The quantitative estimate of drug-likeness (QED) is 0.550. The van der Waals surface area contributed by atoms with Gasteiger partial charge in [0.1, 0.15) is 5.82 Å². The predicted molar refractivity (Wildman–Crippen MR) is 127 cm³/mol. The number of aryl methyl sites for hydroxylation is 2. The van der Waals surface area contributed by atoms with Crippen LogP contribution < -0.4 is 9.62 Å². The summed E-state index contributed by atoms with van der Waals surface area (Å²) in [6.07, 6.45) is 0.760. The molecule has 3 aromatic rings. The summed E-state index contributed by atoms with van der Waals surface area (Å²) in [5.41, 5.74) is 3.84. The lowest BCUT2D eigenvalue weighted by Crippen LogP contribution is -2.49. The van der Waals surface area contributed by atoms with E-state index in [-0.39, 0.29) is 10.9 Å². The molecular formula is C25H26FN3O3S. The predicted octanol–water partition coefficient (Wildman–Crippen LogP) is 5.08. The highest BCUT2D eigenvalue weighted by Gasteiger charge is 2.29. The molecule has 0 aromatic heterocycles. The van der Waals surface area contributed by atoms with Crippen molar-refractivity contribution >= 4 is 27.4 Å². The van der Waals surface area contributed by atoms with E-state index in [0.717, 1.165) is 35.2 Å². The van der Waals surface area contributed by atoms with Crippen LogP contribution in [0.25, 0.3) is 0 Å². The molecule has 0 radical (unpaired) electrons. The first kappa shape index (κ1) is 22.8. The van der Waals surface area contributed by atoms with Gasteiger partial charge in [0, 0.05) is 19.6 Å². The van der Waals surface area contributed by atoms with Gasteiger partial charge in [-0.1, -0.05) is 30.3 Å². The number of anilines is 2. The molecule has 172 valence electrons. The summed E-state index contributed by atoms with van der Waals surface area (Å²) in [6, 6.07) is 17.7. The van der Waals surface area contributed by atoms with Crippen molar-refractivity contribution in [3.63, 3.8) is 0 Å². The Morgan fingerprint density at radius 2 is 1.70 bits per heavy atom. The molecule has 0 atom stereocenters. The maximum Gasteiger partial charge on any atom is 0.324 e. The molecule has 1 saturated heterocycles. The average molecular weight is 468 g/mol. The molecule has 1 N–H and O–H groups in total. The summed E-state index contributed by atoms with van der Waals surface area (Å²) in [7, 11) is -3.96. The molecule has 0 saturated carbocycles. The van der Waals surface area contributed by atoms with Gasteiger partial charge in [0.05, 0.1) is 16.3 Å². The zero-order valence-corrected chi connectivity index (χ0v) is 19.4. The molecule has 6 nitrogen and oxygen atoms in total. The highest BCUT2D eigenvalue weighted by atomic mass is 32.2. The fraction of sp³-hybridized carbons (Fsp3) is 0.240. The Morgan fingerprint density at radius 1 is 0.970 bits per heavy atom. The lowest BCUT2D eigenvalue weighted by atomic mass is 10.1. The first-order valence-corrected chi connectivity index (χ1v) is 12.2. The number of hydrogen-bond donors (Lipinski definition) is 1. The maximum atomic E-state index is 13.4. The lowest BCUT2D eigenvalue weighted by Gasteiger charge is -2.36. The smallest absolute Gasteiger partial charge is 0.320 e. The number of sulfonamides is 1. The van der Waals surface area contributed by atoms with Crippen LogP contribution in [0.2, 0.25) is 0 Å². The molecule has 1 aliphatic rings. The summed E-state index contributed by atoms with van der Waals surface area (Å²) in [6.45, 7) is 5.47. The van der Waals surface area contributed by atoms with Gasteiger partial charge >= 0.3 is 6.03 Å². The topological polar surface area (TPSA) is 69.7 Å². The number of benzene rings is 3. The number of carbonyl (C=O) groups is 1. The molecule has 0 bridgehead atoms. The number of halogens is 1. The number of carbonyl (C=O) groups excluding carboxylic acids is 1. The summed E-state index contributed by atoms with van der Waals surface area (Å²) < 4.78 is 41.7. The van der Waals surface area contributed by atoms with Crippen LogP contribution in [0.4, 0.5) is 20.6 Å². The minimum atomic E-state index is -3.96. The van der Waals surface area contributed by atoms with Crippen molar-refractivity contribution in [2.75, 3.05) is 22.7 Å². The van der Waals surface area contributed by atoms with Crippen molar-refractivity contribution in [2.24, 2.45) is 0 Å². The van der Waals surface area contributed by atoms with Gasteiger partial charge in [-0.2, -0.15) is 0 Å². The van der Waals surface area contributed by atoms with E-state index < -0.39 is 15.8 Å². The fourth-order valence-corrected chi connectivity index (χ4v) is 4.99. The van der Waals surface area contributed by atoms with E-state index in [9.17, 15) is 17.6 Å². The van der Waals surface area contributed by atoms with Gasteiger partial charge in [-0.05, 0) is 73.4 Å². The second-order valence-electron chi connectivity index (χ2n) is 8.22. The third-order valence-corrected chi connectivity index (χ3v) is 7.13. The molecule has 1 fully saturated rings. The largest absolute Gasteiger partial charge is 0.324 e. The minimum absolute atomic E-state index is 0.0532. The summed E-state index contributed by atoms with van der Waals surface area (Å²) in [5.74, 6) is -0.516. The second-order valence-corrected chi connectivity index (χ2v) is 9.90. The van der Waals surface area contributed by atoms with Gasteiger partial charge in [0.15, 0.2) is 0 Å². The van der Waals surface area contributed by atoms with Crippen molar-refractivity contribution in [3.05, 3.63) is 89.2 Å². The third kappa shape index (κ3) is 5.01. The van der Waals surface area contributed by atoms with E-state index in [0.29, 0.717) is 31.0 Å². The summed E-state index contributed by atoms with van der Waals surface area (Å²) >= 11 is 0. The SMILES string of the molecule is Cc1ccc(N2CCCN(Cc3ccccc3C)C2=O)c(NS(=O)(=O)c2ccc(F)cc2)c1. The third-order valence-electron chi connectivity index (χ3n) is 5.74. The summed E-state index contributed by atoms with van der Waals surface area (Å²) in [4.78, 5) is 16.7. The van der Waals surface area contributed by atoms with E-state index >= 15 is 0 Å². The highest BCUT2D eigenvalue weighted by Crippen LogP contribution is 2.32. The number of amides is 2. The zero-order valence-electron chi connectivity index (χ0n) is 18.6. The van der Waals surface area contributed by atoms with Crippen LogP contribution in [0.1, 0.15) is 23.1 Å². The Labute approximate surface area is 193 Å². The normalized spacial score (nSPS) is 14.5. The number of hydrogen-bond acceptors (Lipinski definition) is 3. The van der Waals surface area contributed by atoms with Crippen LogP contribution in [0.3, 0.4) is 0 Å². The molecule has 2 amide bonds. The number of urea groups is 1. The van der Waals surface area contributed by atoms with Gasteiger partial charge in [0.25, 0.3) is 10.0 Å². The number of rotatable bonds is 6. The monoisotopic (exact) mass is 467 g/mol. The van der Waals surface area contributed by atoms with Crippen LogP contribution in [-0.4, -0.2) is 32.4 Å². The first-order chi connectivity index (χ1) is 15.7. The molecule has 0 spiro atoms.